The fourth-order valence-corrected chi connectivity index (χ4v) is 3.12. The van der Waals surface area contributed by atoms with Crippen LogP contribution in [0.2, 0.25) is 0 Å². The Balaban J connectivity index is 2.16. The molecular formula is C25H34N2O3. The van der Waals surface area contributed by atoms with Crippen molar-refractivity contribution in [3.05, 3.63) is 64.7 Å². The second-order valence-corrected chi connectivity index (χ2v) is 8.06. The van der Waals surface area contributed by atoms with Gasteiger partial charge in [-0.3, -0.25) is 9.59 Å². The van der Waals surface area contributed by atoms with Crippen molar-refractivity contribution in [2.45, 2.75) is 66.6 Å². The molecule has 2 rings (SSSR count). The summed E-state index contributed by atoms with van der Waals surface area (Å²) in [5.41, 5.74) is 4.25. The van der Waals surface area contributed by atoms with E-state index in [0.29, 0.717) is 12.3 Å². The molecule has 0 spiro atoms. The van der Waals surface area contributed by atoms with Crippen molar-refractivity contribution in [2.75, 3.05) is 6.61 Å². The van der Waals surface area contributed by atoms with Gasteiger partial charge in [0.05, 0.1) is 0 Å². The lowest BCUT2D eigenvalue weighted by Crippen LogP contribution is -2.50. The molecule has 0 bridgehead atoms. The quantitative estimate of drug-likeness (QED) is 0.670. The highest BCUT2D eigenvalue weighted by Gasteiger charge is 2.27. The van der Waals surface area contributed by atoms with Crippen LogP contribution >= 0.6 is 0 Å². The van der Waals surface area contributed by atoms with Crippen molar-refractivity contribution in [1.29, 1.82) is 0 Å². The van der Waals surface area contributed by atoms with E-state index in [-0.39, 0.29) is 24.5 Å². The molecule has 0 unspecified atom stereocenters. The Kier molecular flexibility index (Phi) is 8.46. The Morgan fingerprint density at radius 3 is 2.23 bits per heavy atom. The van der Waals surface area contributed by atoms with Crippen molar-refractivity contribution in [3.8, 4) is 5.75 Å². The number of carbonyl (C=O) groups is 2. The van der Waals surface area contributed by atoms with Gasteiger partial charge in [0.15, 0.2) is 6.61 Å². The topological polar surface area (TPSA) is 58.6 Å². The Labute approximate surface area is 180 Å². The molecule has 0 heterocycles. The van der Waals surface area contributed by atoms with Crippen LogP contribution in [0.4, 0.5) is 0 Å². The lowest BCUT2D eigenvalue weighted by atomic mass is 10.1. The number of nitrogens with zero attached hydrogens (tertiary/aromatic N) is 1. The zero-order valence-electron chi connectivity index (χ0n) is 19.0. The van der Waals surface area contributed by atoms with Crippen molar-refractivity contribution in [1.82, 2.24) is 10.2 Å². The summed E-state index contributed by atoms with van der Waals surface area (Å²) in [5.74, 6) is 0.305. The molecule has 1 N–H and O–H groups in total. The Morgan fingerprint density at radius 1 is 1.00 bits per heavy atom. The second kappa shape index (κ2) is 10.8. The van der Waals surface area contributed by atoms with Crippen molar-refractivity contribution >= 4 is 11.8 Å². The van der Waals surface area contributed by atoms with Crippen LogP contribution in [-0.4, -0.2) is 35.4 Å². The standard InChI is InChI=1S/C25H34N2O3/c1-7-20(5)26-25(29)21(6)27(15-22-11-8-17(2)9-12-22)24(28)16-30-23-13-10-18(3)14-19(23)4/h8-14,20-21H,7,15-16H2,1-6H3,(H,26,29)/t20-,21+/m0/s1. The molecule has 0 aliphatic heterocycles. The summed E-state index contributed by atoms with van der Waals surface area (Å²) in [4.78, 5) is 27.4. The SMILES string of the molecule is CC[C@H](C)NC(=O)[C@@H](C)N(Cc1ccc(C)cc1)C(=O)COc1ccc(C)cc1C. The lowest BCUT2D eigenvalue weighted by Gasteiger charge is -2.29. The predicted molar refractivity (Wildman–Crippen MR) is 120 cm³/mol. The minimum atomic E-state index is -0.601. The summed E-state index contributed by atoms with van der Waals surface area (Å²) in [7, 11) is 0. The average Bonchev–Trinajstić information content (AvgIpc) is 2.71. The first-order valence-corrected chi connectivity index (χ1v) is 10.6. The first-order chi connectivity index (χ1) is 14.2. The van der Waals surface area contributed by atoms with E-state index >= 15 is 0 Å². The van der Waals surface area contributed by atoms with Gasteiger partial charge < -0.3 is 15.0 Å². The Hall–Kier alpha value is -2.82. The van der Waals surface area contributed by atoms with E-state index in [9.17, 15) is 9.59 Å². The van der Waals surface area contributed by atoms with Crippen molar-refractivity contribution in [3.63, 3.8) is 0 Å². The van der Waals surface area contributed by atoms with E-state index in [2.05, 4.69) is 5.32 Å². The maximum absolute atomic E-state index is 13.1. The zero-order valence-corrected chi connectivity index (χ0v) is 19.0. The zero-order chi connectivity index (χ0) is 22.3. The number of ether oxygens (including phenoxy) is 1. The summed E-state index contributed by atoms with van der Waals surface area (Å²) in [5, 5.41) is 2.98. The molecule has 2 aromatic rings. The minimum Gasteiger partial charge on any atom is -0.483 e. The predicted octanol–water partition coefficient (Wildman–Crippen LogP) is 4.32. The van der Waals surface area contributed by atoms with Crippen LogP contribution in [0, 0.1) is 20.8 Å². The smallest absolute Gasteiger partial charge is 0.261 e. The number of amides is 2. The number of hydrogen-bond acceptors (Lipinski definition) is 3. The third-order valence-electron chi connectivity index (χ3n) is 5.32. The fraction of sp³-hybridized carbons (Fsp3) is 0.440. The largest absolute Gasteiger partial charge is 0.483 e. The third kappa shape index (κ3) is 6.61. The van der Waals surface area contributed by atoms with Crippen LogP contribution in [0.15, 0.2) is 42.5 Å². The third-order valence-corrected chi connectivity index (χ3v) is 5.32. The van der Waals surface area contributed by atoms with E-state index < -0.39 is 6.04 Å². The van der Waals surface area contributed by atoms with Crippen LogP contribution < -0.4 is 10.1 Å². The summed E-state index contributed by atoms with van der Waals surface area (Å²) < 4.78 is 5.80. The molecule has 0 aliphatic carbocycles. The lowest BCUT2D eigenvalue weighted by molar-refractivity contribution is -0.142. The molecule has 0 radical (unpaired) electrons. The number of aryl methyl sites for hydroxylation is 3. The molecule has 5 heteroatoms. The summed E-state index contributed by atoms with van der Waals surface area (Å²) >= 11 is 0. The molecule has 2 amide bonds. The van der Waals surface area contributed by atoms with E-state index in [0.717, 1.165) is 28.7 Å². The Bertz CT molecular complexity index is 861. The molecule has 2 aromatic carbocycles. The number of carbonyl (C=O) groups excluding carboxylic acids is 2. The van der Waals surface area contributed by atoms with Gasteiger partial charge in [-0.2, -0.15) is 0 Å². The molecule has 0 saturated carbocycles. The number of nitrogens with one attached hydrogen (secondary N) is 1. The molecule has 162 valence electrons. The molecule has 2 atom stereocenters. The monoisotopic (exact) mass is 410 g/mol. The van der Waals surface area contributed by atoms with E-state index in [1.165, 1.54) is 0 Å². The molecule has 0 aromatic heterocycles. The van der Waals surface area contributed by atoms with Gasteiger partial charge in [0.1, 0.15) is 11.8 Å². The average molecular weight is 411 g/mol. The summed E-state index contributed by atoms with van der Waals surface area (Å²) in [6, 6.07) is 13.3. The van der Waals surface area contributed by atoms with Gasteiger partial charge in [-0.05, 0) is 58.2 Å². The molecule has 0 aliphatic rings. The van der Waals surface area contributed by atoms with Crippen molar-refractivity contribution in [2.24, 2.45) is 0 Å². The van der Waals surface area contributed by atoms with E-state index in [1.54, 1.807) is 11.8 Å². The van der Waals surface area contributed by atoms with E-state index in [1.807, 2.05) is 77.1 Å². The van der Waals surface area contributed by atoms with Crippen LogP contribution in [-0.2, 0) is 16.1 Å². The molecule has 0 fully saturated rings. The fourth-order valence-electron chi connectivity index (χ4n) is 3.12. The Morgan fingerprint density at radius 2 is 1.63 bits per heavy atom. The van der Waals surface area contributed by atoms with Gasteiger partial charge in [-0.15, -0.1) is 0 Å². The van der Waals surface area contributed by atoms with Gasteiger partial charge in [0, 0.05) is 12.6 Å². The van der Waals surface area contributed by atoms with Gasteiger partial charge in [-0.1, -0.05) is 54.4 Å². The second-order valence-electron chi connectivity index (χ2n) is 8.06. The number of hydrogen-bond donors (Lipinski definition) is 1. The normalized spacial score (nSPS) is 12.7. The summed E-state index contributed by atoms with van der Waals surface area (Å²) in [6.07, 6.45) is 0.834. The first kappa shape index (κ1) is 23.5. The van der Waals surface area contributed by atoms with Gasteiger partial charge in [0.2, 0.25) is 5.91 Å². The first-order valence-electron chi connectivity index (χ1n) is 10.6. The molecular weight excluding hydrogens is 376 g/mol. The van der Waals surface area contributed by atoms with Crippen molar-refractivity contribution < 1.29 is 14.3 Å². The van der Waals surface area contributed by atoms with Gasteiger partial charge >= 0.3 is 0 Å². The van der Waals surface area contributed by atoms with Crippen LogP contribution in [0.1, 0.15) is 49.4 Å². The molecule has 30 heavy (non-hydrogen) atoms. The maximum Gasteiger partial charge on any atom is 0.261 e. The van der Waals surface area contributed by atoms with Crippen LogP contribution in [0.5, 0.6) is 5.75 Å². The molecule has 5 nitrogen and oxygen atoms in total. The maximum atomic E-state index is 13.1. The van der Waals surface area contributed by atoms with E-state index in [4.69, 9.17) is 4.74 Å². The highest BCUT2D eigenvalue weighted by Crippen LogP contribution is 2.19. The number of rotatable bonds is 9. The van der Waals surface area contributed by atoms with Crippen LogP contribution in [0.25, 0.3) is 0 Å². The molecule has 0 saturated heterocycles. The van der Waals surface area contributed by atoms with Gasteiger partial charge in [-0.25, -0.2) is 0 Å². The highest BCUT2D eigenvalue weighted by atomic mass is 16.5. The van der Waals surface area contributed by atoms with Crippen LogP contribution in [0.3, 0.4) is 0 Å². The summed E-state index contributed by atoms with van der Waals surface area (Å²) in [6.45, 7) is 12.0. The minimum absolute atomic E-state index is 0.0581. The highest BCUT2D eigenvalue weighted by molar-refractivity contribution is 5.88. The van der Waals surface area contributed by atoms with Gasteiger partial charge in [0.25, 0.3) is 5.91 Å². The number of benzene rings is 2.